The van der Waals surface area contributed by atoms with Crippen LogP contribution < -0.4 is 4.72 Å². The Kier molecular flexibility index (Phi) is 5.51. The highest BCUT2D eigenvalue weighted by molar-refractivity contribution is 8.01. The van der Waals surface area contributed by atoms with Gasteiger partial charge in [0.25, 0.3) is 0 Å². The number of rotatable bonds is 6. The Morgan fingerprint density at radius 2 is 1.85 bits per heavy atom. The lowest BCUT2D eigenvalue weighted by Crippen LogP contribution is -2.04. The van der Waals surface area contributed by atoms with Crippen LogP contribution in [0.1, 0.15) is 19.0 Å². The third-order valence-electron chi connectivity index (χ3n) is 3.65. The van der Waals surface area contributed by atoms with Crippen LogP contribution >= 0.6 is 11.9 Å². The number of anilines is 1. The summed E-state index contributed by atoms with van der Waals surface area (Å²) < 4.78 is 38.9. The number of aryl methyl sites for hydroxylation is 1. The number of H-pyrrole nitrogens is 1. The molecule has 0 unspecified atom stereocenters. The van der Waals surface area contributed by atoms with Crippen molar-refractivity contribution >= 4 is 17.6 Å². The molecule has 0 aliphatic rings. The number of hydrogen-bond donors (Lipinski definition) is 2. The molecule has 3 aromatic rings. The Labute approximate surface area is 153 Å². The summed E-state index contributed by atoms with van der Waals surface area (Å²) in [7, 11) is 0. The van der Waals surface area contributed by atoms with Crippen molar-refractivity contribution in [3.63, 3.8) is 0 Å². The molecule has 0 amide bonds. The molecule has 1 aromatic carbocycles. The SMILES string of the molecule is CCCc1cc(-c2ncc(-c3ccc(NSC(F)(F)F)cc3)[nH]2)ccn1. The Morgan fingerprint density at radius 3 is 2.54 bits per heavy atom. The van der Waals surface area contributed by atoms with E-state index >= 15 is 0 Å². The van der Waals surface area contributed by atoms with E-state index in [2.05, 4.69) is 26.6 Å². The van der Waals surface area contributed by atoms with Crippen molar-refractivity contribution in [1.29, 1.82) is 0 Å². The number of nitrogens with one attached hydrogen (secondary N) is 2. The van der Waals surface area contributed by atoms with E-state index in [1.807, 2.05) is 12.1 Å². The van der Waals surface area contributed by atoms with E-state index in [9.17, 15) is 13.2 Å². The molecule has 0 saturated carbocycles. The molecule has 0 aliphatic heterocycles. The van der Waals surface area contributed by atoms with Crippen LogP contribution in [0.5, 0.6) is 0 Å². The molecule has 2 heterocycles. The lowest BCUT2D eigenvalue weighted by Gasteiger charge is -2.08. The minimum atomic E-state index is -4.32. The van der Waals surface area contributed by atoms with Crippen LogP contribution in [-0.2, 0) is 6.42 Å². The minimum absolute atomic E-state index is 0.281. The molecule has 0 bridgehead atoms. The minimum Gasteiger partial charge on any atom is -0.338 e. The van der Waals surface area contributed by atoms with Crippen LogP contribution in [0.4, 0.5) is 18.9 Å². The normalized spacial score (nSPS) is 11.5. The first-order chi connectivity index (χ1) is 12.4. The summed E-state index contributed by atoms with van der Waals surface area (Å²) in [4.78, 5) is 12.0. The number of aromatic nitrogens is 3. The fraction of sp³-hybridized carbons (Fsp3) is 0.222. The summed E-state index contributed by atoms with van der Waals surface area (Å²) in [5.41, 5.74) is -0.333. The summed E-state index contributed by atoms with van der Waals surface area (Å²) >= 11 is -0.281. The highest BCUT2D eigenvalue weighted by atomic mass is 32.2. The highest BCUT2D eigenvalue weighted by Gasteiger charge is 2.28. The van der Waals surface area contributed by atoms with Gasteiger partial charge in [-0.1, -0.05) is 25.5 Å². The van der Waals surface area contributed by atoms with Crippen molar-refractivity contribution in [2.24, 2.45) is 0 Å². The molecule has 0 aliphatic carbocycles. The number of hydrogen-bond acceptors (Lipinski definition) is 4. The lowest BCUT2D eigenvalue weighted by atomic mass is 10.1. The first-order valence-corrected chi connectivity index (χ1v) is 8.88. The average molecular weight is 378 g/mol. The van der Waals surface area contributed by atoms with Crippen molar-refractivity contribution in [3.8, 4) is 22.6 Å². The zero-order chi connectivity index (χ0) is 18.6. The molecule has 3 rings (SSSR count). The van der Waals surface area contributed by atoms with Gasteiger partial charge in [0.15, 0.2) is 0 Å². The van der Waals surface area contributed by atoms with Gasteiger partial charge in [-0.05, 0) is 36.2 Å². The zero-order valence-corrected chi connectivity index (χ0v) is 14.8. The second-order valence-electron chi connectivity index (χ2n) is 5.66. The summed E-state index contributed by atoms with van der Waals surface area (Å²) in [6.45, 7) is 2.10. The molecule has 0 spiro atoms. The Hall–Kier alpha value is -2.48. The van der Waals surface area contributed by atoms with Crippen LogP contribution in [0, 0.1) is 0 Å². The van der Waals surface area contributed by atoms with Crippen molar-refractivity contribution in [2.45, 2.75) is 25.3 Å². The summed E-state index contributed by atoms with van der Waals surface area (Å²) in [6.07, 6.45) is 5.40. The fourth-order valence-electron chi connectivity index (χ4n) is 2.47. The number of aromatic amines is 1. The van der Waals surface area contributed by atoms with Crippen LogP contribution in [0.3, 0.4) is 0 Å². The predicted octanol–water partition coefficient (Wildman–Crippen LogP) is 5.67. The second-order valence-corrected chi connectivity index (χ2v) is 6.53. The predicted molar refractivity (Wildman–Crippen MR) is 98.5 cm³/mol. The monoisotopic (exact) mass is 378 g/mol. The van der Waals surface area contributed by atoms with E-state index in [-0.39, 0.29) is 11.9 Å². The average Bonchev–Trinajstić information content (AvgIpc) is 3.10. The summed E-state index contributed by atoms with van der Waals surface area (Å²) in [6, 6.07) is 10.6. The molecule has 26 heavy (non-hydrogen) atoms. The Bertz CT molecular complexity index is 859. The molecule has 0 fully saturated rings. The second kappa shape index (κ2) is 7.82. The first kappa shape index (κ1) is 18.3. The lowest BCUT2D eigenvalue weighted by molar-refractivity contribution is -0.0323. The van der Waals surface area contributed by atoms with Gasteiger partial charge in [-0.3, -0.25) is 4.98 Å². The van der Waals surface area contributed by atoms with Gasteiger partial charge < -0.3 is 9.71 Å². The van der Waals surface area contributed by atoms with Gasteiger partial charge in [0, 0.05) is 23.1 Å². The molecule has 2 N–H and O–H groups in total. The Morgan fingerprint density at radius 1 is 1.08 bits per heavy atom. The molecular formula is C18H17F3N4S. The number of imidazole rings is 1. The van der Waals surface area contributed by atoms with Gasteiger partial charge in [0.05, 0.1) is 23.8 Å². The van der Waals surface area contributed by atoms with Gasteiger partial charge >= 0.3 is 5.51 Å². The quantitative estimate of drug-likeness (QED) is 0.543. The van der Waals surface area contributed by atoms with E-state index in [4.69, 9.17) is 0 Å². The highest BCUT2D eigenvalue weighted by Crippen LogP contribution is 2.31. The smallest absolute Gasteiger partial charge is 0.338 e. The molecule has 0 saturated heterocycles. The van der Waals surface area contributed by atoms with E-state index in [1.54, 1.807) is 36.7 Å². The van der Waals surface area contributed by atoms with E-state index in [0.717, 1.165) is 41.2 Å². The molecule has 8 heteroatoms. The topological polar surface area (TPSA) is 53.6 Å². The van der Waals surface area contributed by atoms with Crippen molar-refractivity contribution in [1.82, 2.24) is 15.0 Å². The number of alkyl halides is 3. The molecular weight excluding hydrogens is 361 g/mol. The maximum atomic E-state index is 12.2. The van der Waals surface area contributed by atoms with E-state index < -0.39 is 5.51 Å². The zero-order valence-electron chi connectivity index (χ0n) is 14.0. The van der Waals surface area contributed by atoms with Gasteiger partial charge in [-0.25, -0.2) is 4.98 Å². The van der Waals surface area contributed by atoms with Crippen LogP contribution in [-0.4, -0.2) is 20.5 Å². The van der Waals surface area contributed by atoms with E-state index in [0.29, 0.717) is 5.69 Å². The first-order valence-electron chi connectivity index (χ1n) is 8.06. The molecule has 2 aromatic heterocycles. The Balaban J connectivity index is 1.74. The van der Waals surface area contributed by atoms with Gasteiger partial charge in [0.2, 0.25) is 0 Å². The largest absolute Gasteiger partial charge is 0.461 e. The maximum Gasteiger partial charge on any atom is 0.461 e. The number of pyridine rings is 1. The molecule has 136 valence electrons. The van der Waals surface area contributed by atoms with Crippen molar-refractivity contribution in [2.75, 3.05) is 4.72 Å². The fourth-order valence-corrected chi connectivity index (χ4v) is 2.84. The van der Waals surface area contributed by atoms with Gasteiger partial charge in [-0.2, -0.15) is 13.2 Å². The van der Waals surface area contributed by atoms with Crippen LogP contribution in [0.25, 0.3) is 22.6 Å². The van der Waals surface area contributed by atoms with Crippen LogP contribution in [0.2, 0.25) is 0 Å². The molecule has 4 nitrogen and oxygen atoms in total. The third kappa shape index (κ3) is 4.78. The van der Waals surface area contributed by atoms with E-state index in [1.165, 1.54) is 0 Å². The molecule has 0 atom stereocenters. The van der Waals surface area contributed by atoms with Gasteiger partial charge in [-0.15, -0.1) is 0 Å². The van der Waals surface area contributed by atoms with Crippen molar-refractivity contribution in [3.05, 3.63) is 54.5 Å². The van der Waals surface area contributed by atoms with Crippen LogP contribution in [0.15, 0.2) is 48.8 Å². The van der Waals surface area contributed by atoms with Crippen molar-refractivity contribution < 1.29 is 13.2 Å². The number of benzene rings is 1. The number of halogens is 3. The summed E-state index contributed by atoms with van der Waals surface area (Å²) in [5, 5.41) is 0. The standard InChI is InChI=1S/C18H17F3N4S/c1-2-3-15-10-13(8-9-22-15)17-23-11-16(24-17)12-4-6-14(7-5-12)25-26-18(19,20)21/h4-11,25H,2-3H2,1H3,(H,23,24). The molecule has 0 radical (unpaired) electrons. The number of nitrogens with zero attached hydrogens (tertiary/aromatic N) is 2. The third-order valence-corrected chi connectivity index (χ3v) is 4.22. The maximum absolute atomic E-state index is 12.2. The summed E-state index contributed by atoms with van der Waals surface area (Å²) in [5.74, 6) is 0.731. The van der Waals surface area contributed by atoms with Gasteiger partial charge in [0.1, 0.15) is 5.82 Å².